The standard InChI is InChI=1S/C23H32N2O3/c1-23(2,3)28-22(27)25(15-9-17-26)16-14-19-10-8-13-21(18-19)24(4)20-11-6-5-7-12-20/h6,8,10-13,17-18H,5,7,9,14-16H2,1-4H3. The highest BCUT2D eigenvalue weighted by molar-refractivity contribution is 5.68. The van der Waals surface area contributed by atoms with Crippen molar-refractivity contribution in [2.45, 2.75) is 52.1 Å². The molecule has 0 saturated carbocycles. The quantitative estimate of drug-likeness (QED) is 0.608. The van der Waals surface area contributed by atoms with Crippen molar-refractivity contribution in [2.24, 2.45) is 0 Å². The number of hydrogen-bond donors (Lipinski definition) is 0. The van der Waals surface area contributed by atoms with Crippen molar-refractivity contribution in [2.75, 3.05) is 25.0 Å². The predicted octanol–water partition coefficient (Wildman–Crippen LogP) is 4.73. The Hall–Kier alpha value is -2.56. The van der Waals surface area contributed by atoms with Gasteiger partial charge in [0.15, 0.2) is 0 Å². The Morgan fingerprint density at radius 1 is 1.21 bits per heavy atom. The van der Waals surface area contributed by atoms with Crippen molar-refractivity contribution in [1.29, 1.82) is 0 Å². The Morgan fingerprint density at radius 2 is 2.00 bits per heavy atom. The van der Waals surface area contributed by atoms with Crippen LogP contribution in [0.25, 0.3) is 0 Å². The summed E-state index contributed by atoms with van der Waals surface area (Å²) in [4.78, 5) is 27.0. The minimum absolute atomic E-state index is 0.308. The molecule has 0 saturated heterocycles. The first-order valence-electron chi connectivity index (χ1n) is 9.91. The van der Waals surface area contributed by atoms with E-state index >= 15 is 0 Å². The van der Waals surface area contributed by atoms with Gasteiger partial charge in [0.05, 0.1) is 0 Å². The molecule has 0 unspecified atom stereocenters. The third kappa shape index (κ3) is 6.87. The topological polar surface area (TPSA) is 49.9 Å². The Bertz CT molecular complexity index is 732. The lowest BCUT2D eigenvalue weighted by atomic mass is 10.1. The summed E-state index contributed by atoms with van der Waals surface area (Å²) in [7, 11) is 2.07. The summed E-state index contributed by atoms with van der Waals surface area (Å²) in [5, 5.41) is 0. The first kappa shape index (κ1) is 21.7. The lowest BCUT2D eigenvalue weighted by Crippen LogP contribution is -2.38. The van der Waals surface area contributed by atoms with Gasteiger partial charge in [-0.3, -0.25) is 0 Å². The third-order valence-electron chi connectivity index (χ3n) is 4.50. The van der Waals surface area contributed by atoms with Crippen LogP contribution in [0.3, 0.4) is 0 Å². The molecule has 5 nitrogen and oxygen atoms in total. The largest absolute Gasteiger partial charge is 0.444 e. The molecule has 1 aliphatic rings. The molecule has 0 fully saturated rings. The van der Waals surface area contributed by atoms with E-state index < -0.39 is 5.60 Å². The number of likely N-dealkylation sites (N-methyl/N-ethyl adjacent to an activating group) is 1. The van der Waals surface area contributed by atoms with Crippen molar-refractivity contribution < 1.29 is 14.3 Å². The number of carbonyl (C=O) groups is 2. The minimum Gasteiger partial charge on any atom is -0.444 e. The number of benzene rings is 1. The zero-order chi connectivity index (χ0) is 20.6. The molecule has 1 aromatic carbocycles. The van der Waals surface area contributed by atoms with Crippen LogP contribution in [0.5, 0.6) is 0 Å². The number of rotatable bonds is 8. The molecule has 0 spiro atoms. The van der Waals surface area contributed by atoms with Crippen LogP contribution in [-0.4, -0.2) is 43.0 Å². The van der Waals surface area contributed by atoms with Crippen molar-refractivity contribution in [3.05, 3.63) is 53.8 Å². The molecule has 1 aliphatic carbocycles. The van der Waals surface area contributed by atoms with Gasteiger partial charge in [0.25, 0.3) is 0 Å². The van der Waals surface area contributed by atoms with E-state index in [9.17, 15) is 9.59 Å². The Balaban J connectivity index is 2.04. The van der Waals surface area contributed by atoms with E-state index in [1.54, 1.807) is 4.90 Å². The van der Waals surface area contributed by atoms with Crippen LogP contribution in [0.2, 0.25) is 0 Å². The monoisotopic (exact) mass is 384 g/mol. The Morgan fingerprint density at radius 3 is 2.64 bits per heavy atom. The van der Waals surface area contributed by atoms with Crippen LogP contribution in [0.1, 0.15) is 45.6 Å². The molecule has 0 radical (unpaired) electrons. The highest BCUT2D eigenvalue weighted by Gasteiger charge is 2.21. The molecule has 1 aromatic rings. The average Bonchev–Trinajstić information content (AvgIpc) is 2.67. The van der Waals surface area contributed by atoms with E-state index in [0.717, 1.165) is 30.4 Å². The van der Waals surface area contributed by atoms with E-state index in [1.807, 2.05) is 26.8 Å². The van der Waals surface area contributed by atoms with E-state index in [1.165, 1.54) is 5.70 Å². The van der Waals surface area contributed by atoms with Gasteiger partial charge in [-0.05, 0) is 63.8 Å². The van der Waals surface area contributed by atoms with Crippen molar-refractivity contribution in [1.82, 2.24) is 4.90 Å². The van der Waals surface area contributed by atoms with Crippen LogP contribution in [-0.2, 0) is 16.0 Å². The lowest BCUT2D eigenvalue weighted by Gasteiger charge is -2.27. The summed E-state index contributed by atoms with van der Waals surface area (Å²) < 4.78 is 5.47. The number of amides is 1. The Labute approximate surface area is 168 Å². The molecule has 0 atom stereocenters. The minimum atomic E-state index is -0.555. The van der Waals surface area contributed by atoms with Gasteiger partial charge in [0.1, 0.15) is 11.9 Å². The van der Waals surface area contributed by atoms with Gasteiger partial charge in [-0.2, -0.15) is 0 Å². The van der Waals surface area contributed by atoms with Crippen molar-refractivity contribution in [3.8, 4) is 0 Å². The van der Waals surface area contributed by atoms with Gasteiger partial charge in [0.2, 0.25) is 0 Å². The van der Waals surface area contributed by atoms with Gasteiger partial charge in [-0.15, -0.1) is 0 Å². The fourth-order valence-corrected chi connectivity index (χ4v) is 3.01. The zero-order valence-electron chi connectivity index (χ0n) is 17.5. The summed E-state index contributed by atoms with van der Waals surface area (Å²) in [5.41, 5.74) is 2.90. The molecule has 152 valence electrons. The fraction of sp³-hybridized carbons (Fsp3) is 0.478. The second kappa shape index (κ2) is 10.1. The number of hydrogen-bond acceptors (Lipinski definition) is 4. The molecule has 0 aliphatic heterocycles. The summed E-state index contributed by atoms with van der Waals surface area (Å²) in [6, 6.07) is 8.34. The zero-order valence-corrected chi connectivity index (χ0v) is 17.5. The second-order valence-corrected chi connectivity index (χ2v) is 8.01. The summed E-state index contributed by atoms with van der Waals surface area (Å²) in [6.07, 6.45) is 10.2. The summed E-state index contributed by atoms with van der Waals surface area (Å²) in [5.74, 6) is 0. The number of ether oxygens (including phenoxy) is 1. The van der Waals surface area contributed by atoms with Gasteiger partial charge < -0.3 is 19.3 Å². The molecular weight excluding hydrogens is 352 g/mol. The first-order valence-corrected chi connectivity index (χ1v) is 9.91. The van der Waals surface area contributed by atoms with E-state index in [2.05, 4.69) is 48.4 Å². The average molecular weight is 385 g/mol. The second-order valence-electron chi connectivity index (χ2n) is 8.01. The third-order valence-corrected chi connectivity index (χ3v) is 4.50. The number of allylic oxidation sites excluding steroid dienone is 3. The summed E-state index contributed by atoms with van der Waals surface area (Å²) in [6.45, 7) is 6.41. The van der Waals surface area contributed by atoms with Crippen molar-refractivity contribution >= 4 is 18.1 Å². The molecule has 28 heavy (non-hydrogen) atoms. The van der Waals surface area contributed by atoms with Crippen LogP contribution in [0.4, 0.5) is 10.5 Å². The molecule has 0 N–H and O–H groups in total. The molecule has 0 aromatic heterocycles. The van der Waals surface area contributed by atoms with E-state index in [0.29, 0.717) is 25.9 Å². The summed E-state index contributed by atoms with van der Waals surface area (Å²) >= 11 is 0. The SMILES string of the molecule is CN(C1=CCCC=C1)c1cccc(CCN(CCC=O)C(=O)OC(C)(C)C)c1. The van der Waals surface area contributed by atoms with Gasteiger partial charge in [0, 0.05) is 37.9 Å². The molecule has 2 rings (SSSR count). The number of carbonyl (C=O) groups excluding carboxylic acids is 2. The van der Waals surface area contributed by atoms with Gasteiger partial charge >= 0.3 is 6.09 Å². The lowest BCUT2D eigenvalue weighted by molar-refractivity contribution is -0.108. The van der Waals surface area contributed by atoms with E-state index in [4.69, 9.17) is 4.74 Å². The highest BCUT2D eigenvalue weighted by Crippen LogP contribution is 2.22. The first-order chi connectivity index (χ1) is 13.3. The Kier molecular flexibility index (Phi) is 7.85. The van der Waals surface area contributed by atoms with Crippen LogP contribution in [0.15, 0.2) is 48.2 Å². The maximum Gasteiger partial charge on any atom is 0.410 e. The molecule has 1 amide bonds. The van der Waals surface area contributed by atoms with Crippen LogP contribution in [0, 0.1) is 0 Å². The number of anilines is 1. The smallest absolute Gasteiger partial charge is 0.410 e. The van der Waals surface area contributed by atoms with Gasteiger partial charge in [-0.1, -0.05) is 24.3 Å². The fourth-order valence-electron chi connectivity index (χ4n) is 3.01. The maximum atomic E-state index is 12.4. The predicted molar refractivity (Wildman–Crippen MR) is 113 cm³/mol. The molecule has 5 heteroatoms. The number of aldehydes is 1. The van der Waals surface area contributed by atoms with Crippen molar-refractivity contribution in [3.63, 3.8) is 0 Å². The molecular formula is C23H32N2O3. The maximum absolute atomic E-state index is 12.4. The number of nitrogens with zero attached hydrogens (tertiary/aromatic N) is 2. The van der Waals surface area contributed by atoms with E-state index in [-0.39, 0.29) is 6.09 Å². The van der Waals surface area contributed by atoms with Gasteiger partial charge in [-0.25, -0.2) is 4.79 Å². The molecule has 0 heterocycles. The van der Waals surface area contributed by atoms with Crippen LogP contribution < -0.4 is 4.90 Å². The highest BCUT2D eigenvalue weighted by atomic mass is 16.6. The molecule has 0 bridgehead atoms. The normalized spacial score (nSPS) is 13.6. The van der Waals surface area contributed by atoms with Crippen LogP contribution >= 0.6 is 0 Å².